The van der Waals surface area contributed by atoms with Crippen LogP contribution in [0.15, 0.2) is 18.2 Å². The minimum absolute atomic E-state index is 0.0710. The highest BCUT2D eigenvalue weighted by Crippen LogP contribution is 2.32. The van der Waals surface area contributed by atoms with Crippen molar-refractivity contribution < 1.29 is 14.4 Å². The van der Waals surface area contributed by atoms with Crippen LogP contribution in [0.5, 0.6) is 5.75 Å². The summed E-state index contributed by atoms with van der Waals surface area (Å²) in [5.74, 6) is 0.606. The maximum Gasteiger partial charge on any atom is 0.292 e. The summed E-state index contributed by atoms with van der Waals surface area (Å²) in [5.41, 5.74) is 0.577. The number of rotatable bonds is 5. The number of nitro groups is 1. The van der Waals surface area contributed by atoms with Crippen LogP contribution in [0.4, 0.5) is 11.4 Å². The van der Waals surface area contributed by atoms with Gasteiger partial charge in [0.25, 0.3) is 5.69 Å². The van der Waals surface area contributed by atoms with Crippen molar-refractivity contribution in [1.82, 2.24) is 0 Å². The van der Waals surface area contributed by atoms with E-state index in [9.17, 15) is 10.1 Å². The largest absolute Gasteiger partial charge is 0.497 e. The molecule has 0 radical (unpaired) electrons. The Morgan fingerprint density at radius 3 is 2.74 bits per heavy atom. The lowest BCUT2D eigenvalue weighted by molar-refractivity contribution is -0.384. The molecule has 1 aliphatic rings. The summed E-state index contributed by atoms with van der Waals surface area (Å²) in [6, 6.07) is 4.92. The van der Waals surface area contributed by atoms with Gasteiger partial charge in [-0.25, -0.2) is 0 Å². The van der Waals surface area contributed by atoms with Crippen LogP contribution in [0.3, 0.4) is 0 Å². The van der Waals surface area contributed by atoms with Crippen molar-refractivity contribution >= 4 is 11.4 Å². The normalized spacial score (nSPS) is 22.2. The lowest BCUT2D eigenvalue weighted by atomic mass is 10.2. The molecule has 2 atom stereocenters. The maximum absolute atomic E-state index is 11.0. The zero-order chi connectivity index (χ0) is 13.8. The van der Waals surface area contributed by atoms with Gasteiger partial charge in [0.1, 0.15) is 11.4 Å². The van der Waals surface area contributed by atoms with Crippen molar-refractivity contribution in [2.24, 2.45) is 0 Å². The van der Waals surface area contributed by atoms with Crippen LogP contribution in [-0.2, 0) is 4.74 Å². The quantitative estimate of drug-likeness (QED) is 0.655. The van der Waals surface area contributed by atoms with Crippen molar-refractivity contribution in [3.63, 3.8) is 0 Å². The summed E-state index contributed by atoms with van der Waals surface area (Å²) >= 11 is 0. The highest BCUT2D eigenvalue weighted by atomic mass is 16.6. The van der Waals surface area contributed by atoms with Crippen LogP contribution in [-0.4, -0.2) is 31.3 Å². The predicted molar refractivity (Wildman–Crippen MR) is 71.7 cm³/mol. The van der Waals surface area contributed by atoms with Gasteiger partial charge in [-0.3, -0.25) is 10.1 Å². The number of methoxy groups -OCH3 is 2. The van der Waals surface area contributed by atoms with E-state index in [1.807, 2.05) is 0 Å². The van der Waals surface area contributed by atoms with Gasteiger partial charge in [0, 0.05) is 25.3 Å². The van der Waals surface area contributed by atoms with Crippen LogP contribution in [0.2, 0.25) is 0 Å². The number of nitro benzene ring substituents is 1. The molecule has 0 aromatic heterocycles. The number of ether oxygens (including phenoxy) is 2. The number of nitrogens with zero attached hydrogens (tertiary/aromatic N) is 1. The van der Waals surface area contributed by atoms with Gasteiger partial charge in [0.2, 0.25) is 0 Å². The molecule has 1 aromatic carbocycles. The summed E-state index contributed by atoms with van der Waals surface area (Å²) in [7, 11) is 3.24. The Hall–Kier alpha value is -1.82. The van der Waals surface area contributed by atoms with E-state index in [2.05, 4.69) is 5.32 Å². The molecule has 0 bridgehead atoms. The van der Waals surface area contributed by atoms with Crippen molar-refractivity contribution in [1.29, 1.82) is 0 Å². The monoisotopic (exact) mass is 266 g/mol. The molecule has 1 aromatic rings. The van der Waals surface area contributed by atoms with E-state index in [1.165, 1.54) is 6.07 Å². The molecule has 0 saturated heterocycles. The predicted octanol–water partition coefficient (Wildman–Crippen LogP) is 2.58. The van der Waals surface area contributed by atoms with Crippen molar-refractivity contribution in [3.05, 3.63) is 28.3 Å². The molecule has 0 spiro atoms. The molecule has 6 nitrogen and oxygen atoms in total. The van der Waals surface area contributed by atoms with Crippen LogP contribution in [0.25, 0.3) is 0 Å². The van der Waals surface area contributed by atoms with E-state index in [-0.39, 0.29) is 22.8 Å². The average molecular weight is 266 g/mol. The molecule has 1 fully saturated rings. The van der Waals surface area contributed by atoms with Crippen LogP contribution < -0.4 is 10.1 Å². The molecule has 0 aliphatic heterocycles. The van der Waals surface area contributed by atoms with E-state index >= 15 is 0 Å². The highest BCUT2D eigenvalue weighted by Gasteiger charge is 2.26. The van der Waals surface area contributed by atoms with Crippen LogP contribution in [0, 0.1) is 10.1 Å². The first-order chi connectivity index (χ1) is 9.13. The molecule has 104 valence electrons. The van der Waals surface area contributed by atoms with Gasteiger partial charge in [-0.05, 0) is 25.3 Å². The SMILES string of the molecule is COc1ccc([N+](=O)[O-])c(NC2CCC(OC)C2)c1. The van der Waals surface area contributed by atoms with Crippen LogP contribution >= 0.6 is 0 Å². The third-order valence-electron chi connectivity index (χ3n) is 3.48. The third kappa shape index (κ3) is 3.14. The molecule has 1 N–H and O–H groups in total. The van der Waals surface area contributed by atoms with Crippen LogP contribution in [0.1, 0.15) is 19.3 Å². The van der Waals surface area contributed by atoms with Gasteiger partial charge in [-0.1, -0.05) is 0 Å². The summed E-state index contributed by atoms with van der Waals surface area (Å²) in [5, 5.41) is 14.2. The average Bonchev–Trinajstić information content (AvgIpc) is 2.86. The number of benzene rings is 1. The fourth-order valence-corrected chi connectivity index (χ4v) is 2.42. The lowest BCUT2D eigenvalue weighted by Gasteiger charge is -2.15. The van der Waals surface area contributed by atoms with E-state index in [0.717, 1.165) is 19.3 Å². The Labute approximate surface area is 111 Å². The van der Waals surface area contributed by atoms with E-state index in [0.29, 0.717) is 11.4 Å². The first kappa shape index (κ1) is 13.6. The Kier molecular flexibility index (Phi) is 4.21. The highest BCUT2D eigenvalue weighted by molar-refractivity contribution is 5.64. The summed E-state index contributed by atoms with van der Waals surface area (Å²) in [4.78, 5) is 10.6. The second kappa shape index (κ2) is 5.88. The molecule has 2 rings (SSSR count). The molecule has 6 heteroatoms. The van der Waals surface area contributed by atoms with Gasteiger partial charge >= 0.3 is 0 Å². The standard InChI is InChI=1S/C13H18N2O4/c1-18-10-4-3-9(7-10)14-12-8-11(19-2)5-6-13(12)15(16)17/h5-6,8-10,14H,3-4,7H2,1-2H3. The Morgan fingerprint density at radius 1 is 1.37 bits per heavy atom. The van der Waals surface area contributed by atoms with Gasteiger partial charge in [0.05, 0.1) is 18.1 Å². The Bertz CT molecular complexity index is 464. The first-order valence-electron chi connectivity index (χ1n) is 6.25. The Morgan fingerprint density at radius 2 is 2.16 bits per heavy atom. The molecular weight excluding hydrogens is 248 g/mol. The lowest BCUT2D eigenvalue weighted by Crippen LogP contribution is -2.18. The number of hydrogen-bond acceptors (Lipinski definition) is 5. The second-order valence-electron chi connectivity index (χ2n) is 4.65. The number of anilines is 1. The third-order valence-corrected chi connectivity index (χ3v) is 3.48. The zero-order valence-corrected chi connectivity index (χ0v) is 11.1. The first-order valence-corrected chi connectivity index (χ1v) is 6.25. The molecule has 19 heavy (non-hydrogen) atoms. The smallest absolute Gasteiger partial charge is 0.292 e. The fraction of sp³-hybridized carbons (Fsp3) is 0.538. The van der Waals surface area contributed by atoms with Crippen molar-refractivity contribution in [2.45, 2.75) is 31.4 Å². The Balaban J connectivity index is 2.16. The summed E-state index contributed by atoms with van der Waals surface area (Å²) in [6.07, 6.45) is 3.03. The molecule has 1 saturated carbocycles. The number of hydrogen-bond donors (Lipinski definition) is 1. The molecule has 0 heterocycles. The van der Waals surface area contributed by atoms with Crippen molar-refractivity contribution in [3.8, 4) is 5.75 Å². The van der Waals surface area contributed by atoms with E-state index in [4.69, 9.17) is 9.47 Å². The molecule has 2 unspecified atom stereocenters. The molecule has 0 amide bonds. The topological polar surface area (TPSA) is 73.6 Å². The summed E-state index contributed by atoms with van der Waals surface area (Å²) in [6.45, 7) is 0. The minimum Gasteiger partial charge on any atom is -0.497 e. The molecular formula is C13H18N2O4. The molecule has 1 aliphatic carbocycles. The van der Waals surface area contributed by atoms with E-state index in [1.54, 1.807) is 26.4 Å². The van der Waals surface area contributed by atoms with Gasteiger partial charge < -0.3 is 14.8 Å². The fourth-order valence-electron chi connectivity index (χ4n) is 2.42. The zero-order valence-electron chi connectivity index (χ0n) is 11.1. The number of nitrogens with one attached hydrogen (secondary N) is 1. The summed E-state index contributed by atoms with van der Waals surface area (Å²) < 4.78 is 10.4. The van der Waals surface area contributed by atoms with Gasteiger partial charge in [0.15, 0.2) is 0 Å². The second-order valence-corrected chi connectivity index (χ2v) is 4.65. The van der Waals surface area contributed by atoms with Gasteiger partial charge in [-0.2, -0.15) is 0 Å². The maximum atomic E-state index is 11.0. The van der Waals surface area contributed by atoms with E-state index < -0.39 is 0 Å². The van der Waals surface area contributed by atoms with Crippen molar-refractivity contribution in [2.75, 3.05) is 19.5 Å². The van der Waals surface area contributed by atoms with Gasteiger partial charge in [-0.15, -0.1) is 0 Å². The minimum atomic E-state index is -0.384.